The van der Waals surface area contributed by atoms with Gasteiger partial charge >= 0.3 is 11.9 Å². The van der Waals surface area contributed by atoms with Crippen LogP contribution in [0.5, 0.6) is 11.5 Å². The second-order valence-electron chi connectivity index (χ2n) is 4.35. The second kappa shape index (κ2) is 7.03. The van der Waals surface area contributed by atoms with Gasteiger partial charge in [-0.05, 0) is 12.1 Å². The van der Waals surface area contributed by atoms with Crippen LogP contribution in [-0.2, 0) is 14.4 Å². The van der Waals surface area contributed by atoms with Crippen molar-refractivity contribution in [1.82, 2.24) is 0 Å². The third-order valence-electron chi connectivity index (χ3n) is 2.71. The summed E-state index contributed by atoms with van der Waals surface area (Å²) in [5.41, 5.74) is 0.486. The van der Waals surface area contributed by atoms with Crippen molar-refractivity contribution in [2.75, 3.05) is 17.9 Å². The molecule has 3 N–H and O–H groups in total. The van der Waals surface area contributed by atoms with E-state index in [9.17, 15) is 14.4 Å². The number of fused-ring (bicyclic) bond motifs is 1. The van der Waals surface area contributed by atoms with E-state index >= 15 is 0 Å². The van der Waals surface area contributed by atoms with Crippen molar-refractivity contribution in [2.45, 2.75) is 11.7 Å². The summed E-state index contributed by atoms with van der Waals surface area (Å²) < 4.78 is 10.3. The Morgan fingerprint density at radius 1 is 1.23 bits per heavy atom. The van der Waals surface area contributed by atoms with Crippen molar-refractivity contribution in [2.24, 2.45) is 0 Å². The number of carbonyl (C=O) groups excluding carboxylic acids is 1. The fourth-order valence-electron chi connectivity index (χ4n) is 1.72. The van der Waals surface area contributed by atoms with Crippen molar-refractivity contribution >= 4 is 35.3 Å². The highest BCUT2D eigenvalue weighted by Crippen LogP contribution is 2.34. The first kappa shape index (κ1) is 16.0. The highest BCUT2D eigenvalue weighted by Gasteiger charge is 2.22. The van der Waals surface area contributed by atoms with Crippen LogP contribution in [-0.4, -0.2) is 45.9 Å². The summed E-state index contributed by atoms with van der Waals surface area (Å²) in [5, 5.41) is 18.9. The molecule has 0 aliphatic carbocycles. The minimum absolute atomic E-state index is 0.123. The fraction of sp³-hybridized carbons (Fsp3) is 0.308. The molecule has 1 aromatic carbocycles. The van der Waals surface area contributed by atoms with Gasteiger partial charge in [0.05, 0.1) is 12.2 Å². The summed E-state index contributed by atoms with van der Waals surface area (Å²) in [5.74, 6) is -1.99. The van der Waals surface area contributed by atoms with Gasteiger partial charge in [0.15, 0.2) is 11.5 Å². The lowest BCUT2D eigenvalue weighted by Crippen LogP contribution is -2.23. The van der Waals surface area contributed by atoms with Crippen LogP contribution in [0.4, 0.5) is 5.69 Å². The summed E-state index contributed by atoms with van der Waals surface area (Å²) in [6.07, 6.45) is -0.544. The Morgan fingerprint density at radius 2 is 1.95 bits per heavy atom. The van der Waals surface area contributed by atoms with Gasteiger partial charge in [-0.15, -0.1) is 11.8 Å². The first-order valence-corrected chi connectivity index (χ1v) is 7.26. The van der Waals surface area contributed by atoms with Crippen LogP contribution in [0.2, 0.25) is 0 Å². The minimum atomic E-state index is -1.26. The zero-order valence-electron chi connectivity index (χ0n) is 11.3. The predicted octanol–water partition coefficient (Wildman–Crippen LogP) is 1.01. The Morgan fingerprint density at radius 3 is 2.64 bits per heavy atom. The van der Waals surface area contributed by atoms with Gasteiger partial charge in [-0.3, -0.25) is 14.4 Å². The van der Waals surface area contributed by atoms with Gasteiger partial charge in [0.1, 0.15) is 5.25 Å². The number of anilines is 1. The van der Waals surface area contributed by atoms with Crippen LogP contribution in [0.15, 0.2) is 18.2 Å². The summed E-state index contributed by atoms with van der Waals surface area (Å²) in [6, 6.07) is 4.87. The minimum Gasteiger partial charge on any atom is -0.481 e. The topological polar surface area (TPSA) is 122 Å². The molecule has 1 atom stereocenters. The number of thioether (sulfide) groups is 1. The highest BCUT2D eigenvalue weighted by atomic mass is 32.2. The summed E-state index contributed by atoms with van der Waals surface area (Å²) in [4.78, 5) is 33.2. The molecule has 1 amide bonds. The SMILES string of the molecule is O=C(O)C[C@@H](SCC(=O)Nc1ccc2c(c1)OCO2)C(=O)O. The quantitative estimate of drug-likeness (QED) is 0.678. The number of carboxylic acid groups (broad SMARTS) is 2. The van der Waals surface area contributed by atoms with Crippen LogP contribution in [0.1, 0.15) is 6.42 Å². The van der Waals surface area contributed by atoms with Crippen LogP contribution in [0.25, 0.3) is 0 Å². The smallest absolute Gasteiger partial charge is 0.317 e. The van der Waals surface area contributed by atoms with E-state index in [-0.39, 0.29) is 12.5 Å². The zero-order chi connectivity index (χ0) is 16.1. The number of carboxylic acids is 2. The molecular weight excluding hydrogens is 314 g/mol. The average molecular weight is 327 g/mol. The van der Waals surface area contributed by atoms with E-state index in [0.717, 1.165) is 11.8 Å². The van der Waals surface area contributed by atoms with Gasteiger partial charge in [-0.1, -0.05) is 0 Å². The molecule has 0 spiro atoms. The first-order valence-electron chi connectivity index (χ1n) is 6.21. The summed E-state index contributed by atoms with van der Waals surface area (Å²) >= 11 is 0.762. The van der Waals surface area contributed by atoms with E-state index in [4.69, 9.17) is 19.7 Å². The third kappa shape index (κ3) is 4.29. The number of ether oxygens (including phenoxy) is 2. The molecule has 0 aromatic heterocycles. The number of carbonyl (C=O) groups is 3. The van der Waals surface area contributed by atoms with E-state index < -0.39 is 29.5 Å². The van der Waals surface area contributed by atoms with Crippen molar-refractivity contribution in [1.29, 1.82) is 0 Å². The number of hydrogen-bond donors (Lipinski definition) is 3. The number of amides is 1. The molecule has 2 rings (SSSR count). The highest BCUT2D eigenvalue weighted by molar-refractivity contribution is 8.01. The van der Waals surface area contributed by atoms with E-state index in [1.54, 1.807) is 18.2 Å². The molecule has 0 unspecified atom stereocenters. The molecule has 0 fully saturated rings. The number of rotatable bonds is 7. The van der Waals surface area contributed by atoms with Crippen molar-refractivity contribution in [3.8, 4) is 11.5 Å². The second-order valence-corrected chi connectivity index (χ2v) is 5.54. The van der Waals surface area contributed by atoms with Crippen molar-refractivity contribution in [3.05, 3.63) is 18.2 Å². The van der Waals surface area contributed by atoms with Crippen molar-refractivity contribution < 1.29 is 34.1 Å². The summed E-state index contributed by atoms with van der Waals surface area (Å²) in [6.45, 7) is 0.123. The lowest BCUT2D eigenvalue weighted by atomic mass is 10.3. The van der Waals surface area contributed by atoms with Crippen LogP contribution >= 0.6 is 11.8 Å². The molecule has 22 heavy (non-hydrogen) atoms. The van der Waals surface area contributed by atoms with E-state index in [1.807, 2.05) is 0 Å². The van der Waals surface area contributed by atoms with Gasteiger partial charge in [-0.25, -0.2) is 0 Å². The maximum absolute atomic E-state index is 11.8. The van der Waals surface area contributed by atoms with Gasteiger partial charge in [0, 0.05) is 11.8 Å². The molecule has 9 heteroatoms. The molecule has 1 aliphatic heterocycles. The van der Waals surface area contributed by atoms with E-state index in [0.29, 0.717) is 17.2 Å². The molecule has 0 saturated carbocycles. The molecule has 1 aromatic rings. The molecule has 0 radical (unpaired) electrons. The fourth-order valence-corrected chi connectivity index (χ4v) is 2.55. The summed E-state index contributed by atoms with van der Waals surface area (Å²) in [7, 11) is 0. The third-order valence-corrected chi connectivity index (χ3v) is 3.91. The molecule has 1 heterocycles. The standard InChI is InChI=1S/C13H13NO7S/c15-11(5-22-10(13(18)19)4-12(16)17)14-7-1-2-8-9(3-7)21-6-20-8/h1-3,10H,4-6H2,(H,14,15)(H,16,17)(H,18,19)/t10-/m1/s1. The van der Waals surface area contributed by atoms with Crippen LogP contribution in [0, 0.1) is 0 Å². The molecule has 8 nitrogen and oxygen atoms in total. The Labute approximate surface area is 129 Å². The normalized spacial score (nSPS) is 13.5. The number of aliphatic carboxylic acids is 2. The Bertz CT molecular complexity index is 604. The van der Waals surface area contributed by atoms with Crippen LogP contribution in [0.3, 0.4) is 0 Å². The van der Waals surface area contributed by atoms with E-state index in [2.05, 4.69) is 5.32 Å². The van der Waals surface area contributed by atoms with Gasteiger partial charge in [-0.2, -0.15) is 0 Å². The van der Waals surface area contributed by atoms with E-state index in [1.165, 1.54) is 0 Å². The molecular formula is C13H13NO7S. The largest absolute Gasteiger partial charge is 0.481 e. The molecule has 0 saturated heterocycles. The number of hydrogen-bond acceptors (Lipinski definition) is 6. The van der Waals surface area contributed by atoms with Gasteiger partial charge < -0.3 is 25.0 Å². The molecule has 0 bridgehead atoms. The van der Waals surface area contributed by atoms with Gasteiger partial charge in [0.25, 0.3) is 0 Å². The lowest BCUT2D eigenvalue weighted by molar-refractivity contribution is -0.142. The lowest BCUT2D eigenvalue weighted by Gasteiger charge is -2.10. The van der Waals surface area contributed by atoms with Crippen molar-refractivity contribution in [3.63, 3.8) is 0 Å². The maximum atomic E-state index is 11.8. The monoisotopic (exact) mass is 327 g/mol. The van der Waals surface area contributed by atoms with Gasteiger partial charge in [0.2, 0.25) is 12.7 Å². The zero-order valence-corrected chi connectivity index (χ0v) is 12.1. The molecule has 118 valence electrons. The maximum Gasteiger partial charge on any atom is 0.317 e. The number of nitrogens with one attached hydrogen (secondary N) is 1. The Kier molecular flexibility index (Phi) is 5.10. The molecule has 1 aliphatic rings. The number of benzene rings is 1. The Balaban J connectivity index is 1.87. The first-order chi connectivity index (χ1) is 10.5. The van der Waals surface area contributed by atoms with Crippen LogP contribution < -0.4 is 14.8 Å². The predicted molar refractivity (Wildman–Crippen MR) is 77.3 cm³/mol. The Hall–Kier alpha value is -2.42. The average Bonchev–Trinajstić information content (AvgIpc) is 2.90.